The smallest absolute Gasteiger partial charge is 0.228 e. The van der Waals surface area contributed by atoms with Gasteiger partial charge < -0.3 is 10.6 Å². The number of nitriles is 1. The fraction of sp³-hybridized carbons (Fsp3) is 0.167. The van der Waals surface area contributed by atoms with Crippen LogP contribution in [0.4, 0.5) is 11.4 Å². The van der Waals surface area contributed by atoms with Gasteiger partial charge in [-0.3, -0.25) is 9.59 Å². The number of nitrogens with zero attached hydrogens (tertiary/aromatic N) is 1. The van der Waals surface area contributed by atoms with E-state index < -0.39 is 0 Å². The van der Waals surface area contributed by atoms with Crippen LogP contribution in [-0.4, -0.2) is 11.8 Å². The lowest BCUT2D eigenvalue weighted by molar-refractivity contribution is -0.122. The Kier molecular flexibility index (Phi) is 4.93. The fourth-order valence-electron chi connectivity index (χ4n) is 2.45. The van der Waals surface area contributed by atoms with Crippen LogP contribution >= 0.6 is 23.2 Å². The third kappa shape index (κ3) is 4.11. The average Bonchev–Trinajstić information content (AvgIpc) is 3.39. The van der Waals surface area contributed by atoms with Crippen LogP contribution in [0.3, 0.4) is 0 Å². The zero-order chi connectivity index (χ0) is 18.0. The van der Waals surface area contributed by atoms with E-state index in [9.17, 15) is 9.59 Å². The van der Waals surface area contributed by atoms with E-state index >= 15 is 0 Å². The van der Waals surface area contributed by atoms with Crippen molar-refractivity contribution in [3.63, 3.8) is 0 Å². The number of nitrogens with one attached hydrogen (secondary N) is 2. The molecule has 2 unspecified atom stereocenters. The van der Waals surface area contributed by atoms with Crippen LogP contribution in [0.2, 0.25) is 10.0 Å². The van der Waals surface area contributed by atoms with Gasteiger partial charge in [-0.15, -0.1) is 0 Å². The molecule has 7 heteroatoms. The van der Waals surface area contributed by atoms with Gasteiger partial charge in [0.2, 0.25) is 11.8 Å². The van der Waals surface area contributed by atoms with E-state index in [-0.39, 0.29) is 23.7 Å². The monoisotopic (exact) mass is 373 g/mol. The Morgan fingerprint density at radius 3 is 2.24 bits per heavy atom. The van der Waals surface area contributed by atoms with Crippen molar-refractivity contribution in [3.05, 3.63) is 58.1 Å². The molecule has 3 rings (SSSR count). The van der Waals surface area contributed by atoms with Crippen molar-refractivity contribution in [1.29, 1.82) is 5.26 Å². The minimum absolute atomic E-state index is 0.216. The van der Waals surface area contributed by atoms with Gasteiger partial charge in [-0.05, 0) is 48.9 Å². The Hall–Kier alpha value is -2.55. The molecule has 0 radical (unpaired) electrons. The zero-order valence-corrected chi connectivity index (χ0v) is 14.4. The first-order valence-electron chi connectivity index (χ1n) is 7.55. The molecule has 126 valence electrons. The van der Waals surface area contributed by atoms with Crippen LogP contribution in [0.15, 0.2) is 42.5 Å². The predicted molar refractivity (Wildman–Crippen MR) is 96.5 cm³/mol. The lowest BCUT2D eigenvalue weighted by atomic mass is 10.2. The van der Waals surface area contributed by atoms with Crippen molar-refractivity contribution in [3.8, 4) is 6.07 Å². The first kappa shape index (κ1) is 17.3. The summed E-state index contributed by atoms with van der Waals surface area (Å²) in [6.07, 6.45) is 0.485. The summed E-state index contributed by atoms with van der Waals surface area (Å²) in [6, 6.07) is 13.4. The van der Waals surface area contributed by atoms with E-state index in [1.54, 1.807) is 42.5 Å². The summed E-state index contributed by atoms with van der Waals surface area (Å²) in [4.78, 5) is 24.5. The largest absolute Gasteiger partial charge is 0.326 e. The molecule has 1 aliphatic rings. The molecule has 2 aromatic carbocycles. The zero-order valence-electron chi connectivity index (χ0n) is 12.9. The van der Waals surface area contributed by atoms with Crippen molar-refractivity contribution in [2.24, 2.45) is 11.8 Å². The second-order valence-corrected chi connectivity index (χ2v) is 6.58. The molecule has 0 aromatic heterocycles. The van der Waals surface area contributed by atoms with Gasteiger partial charge >= 0.3 is 0 Å². The second kappa shape index (κ2) is 7.14. The number of hydrogen-bond donors (Lipinski definition) is 2. The number of carbonyl (C=O) groups is 2. The van der Waals surface area contributed by atoms with Crippen LogP contribution in [0.25, 0.3) is 0 Å². The molecule has 1 saturated carbocycles. The highest BCUT2D eigenvalue weighted by Gasteiger charge is 2.48. The number of benzene rings is 2. The number of rotatable bonds is 4. The molecule has 5 nitrogen and oxygen atoms in total. The maximum Gasteiger partial charge on any atom is 0.228 e. The third-order valence-corrected chi connectivity index (χ3v) is 4.48. The number of halogens is 2. The summed E-state index contributed by atoms with van der Waals surface area (Å²) >= 11 is 11.8. The normalized spacial score (nSPS) is 18.1. The van der Waals surface area contributed by atoms with Gasteiger partial charge in [0, 0.05) is 10.7 Å². The molecule has 1 fully saturated rings. The SMILES string of the molecule is N#Cc1ccc(NC(=O)C2CC2C(=O)Nc2ccc(Cl)cc2Cl)cc1. The molecule has 25 heavy (non-hydrogen) atoms. The van der Waals surface area contributed by atoms with Crippen molar-refractivity contribution in [2.75, 3.05) is 10.6 Å². The summed E-state index contributed by atoms with van der Waals surface area (Å²) in [5.41, 5.74) is 1.58. The fourth-order valence-corrected chi connectivity index (χ4v) is 2.91. The summed E-state index contributed by atoms with van der Waals surface area (Å²) < 4.78 is 0. The van der Waals surface area contributed by atoms with Gasteiger partial charge in [0.25, 0.3) is 0 Å². The second-order valence-electron chi connectivity index (χ2n) is 5.74. The average molecular weight is 374 g/mol. The molecule has 1 aliphatic carbocycles. The number of anilines is 2. The summed E-state index contributed by atoms with van der Waals surface area (Å²) in [5.74, 6) is -1.22. The maximum absolute atomic E-state index is 12.2. The maximum atomic E-state index is 12.2. The highest BCUT2D eigenvalue weighted by Crippen LogP contribution is 2.40. The third-order valence-electron chi connectivity index (χ3n) is 3.93. The Bertz CT molecular complexity index is 875. The summed E-state index contributed by atoms with van der Waals surface area (Å²) in [7, 11) is 0. The van der Waals surface area contributed by atoms with E-state index in [0.29, 0.717) is 33.4 Å². The Morgan fingerprint density at radius 1 is 1.00 bits per heavy atom. The van der Waals surface area contributed by atoms with Crippen molar-refractivity contribution >= 4 is 46.4 Å². The van der Waals surface area contributed by atoms with Gasteiger partial charge in [0.05, 0.1) is 34.2 Å². The van der Waals surface area contributed by atoms with Crippen LogP contribution in [0.5, 0.6) is 0 Å². The topological polar surface area (TPSA) is 82.0 Å². The molecule has 0 aliphatic heterocycles. The van der Waals surface area contributed by atoms with Crippen molar-refractivity contribution in [1.82, 2.24) is 0 Å². The van der Waals surface area contributed by atoms with Crippen molar-refractivity contribution < 1.29 is 9.59 Å². The highest BCUT2D eigenvalue weighted by molar-refractivity contribution is 6.36. The quantitative estimate of drug-likeness (QED) is 0.846. The van der Waals surface area contributed by atoms with Crippen LogP contribution in [0, 0.1) is 23.2 Å². The molecule has 2 atom stereocenters. The van der Waals surface area contributed by atoms with Crippen molar-refractivity contribution in [2.45, 2.75) is 6.42 Å². The molecule has 0 bridgehead atoms. The van der Waals surface area contributed by atoms with E-state index in [0.717, 1.165) is 0 Å². The molecule has 0 heterocycles. The molecular weight excluding hydrogens is 361 g/mol. The predicted octanol–water partition coefficient (Wildman–Crippen LogP) is 4.08. The molecule has 0 spiro atoms. The van der Waals surface area contributed by atoms with Gasteiger partial charge in [0.15, 0.2) is 0 Å². The highest BCUT2D eigenvalue weighted by atomic mass is 35.5. The molecule has 0 saturated heterocycles. The van der Waals surface area contributed by atoms with Crippen LogP contribution in [-0.2, 0) is 9.59 Å². The Balaban J connectivity index is 1.56. The van der Waals surface area contributed by atoms with E-state index in [1.165, 1.54) is 0 Å². The minimum atomic E-state index is -0.384. The standard InChI is InChI=1S/C18H13Cl2N3O2/c19-11-3-6-16(15(20)7-11)23-18(25)14-8-13(14)17(24)22-12-4-1-10(9-21)2-5-12/h1-7,13-14H,8H2,(H,22,24)(H,23,25). The number of carbonyl (C=O) groups excluding carboxylic acids is 2. The van der Waals surface area contributed by atoms with E-state index in [2.05, 4.69) is 10.6 Å². The van der Waals surface area contributed by atoms with Gasteiger partial charge in [-0.2, -0.15) is 5.26 Å². The van der Waals surface area contributed by atoms with E-state index in [1.807, 2.05) is 6.07 Å². The van der Waals surface area contributed by atoms with Crippen LogP contribution in [0.1, 0.15) is 12.0 Å². The van der Waals surface area contributed by atoms with E-state index in [4.69, 9.17) is 28.5 Å². The molecular formula is C18H13Cl2N3O2. The Morgan fingerprint density at radius 2 is 1.64 bits per heavy atom. The molecule has 2 aromatic rings. The molecule has 2 amide bonds. The minimum Gasteiger partial charge on any atom is -0.326 e. The lowest BCUT2D eigenvalue weighted by Gasteiger charge is -2.08. The lowest BCUT2D eigenvalue weighted by Crippen LogP contribution is -2.20. The van der Waals surface area contributed by atoms with Gasteiger partial charge in [-0.25, -0.2) is 0 Å². The van der Waals surface area contributed by atoms with Gasteiger partial charge in [0.1, 0.15) is 0 Å². The van der Waals surface area contributed by atoms with Gasteiger partial charge in [-0.1, -0.05) is 23.2 Å². The first-order valence-corrected chi connectivity index (χ1v) is 8.30. The number of hydrogen-bond acceptors (Lipinski definition) is 3. The summed E-state index contributed by atoms with van der Waals surface area (Å²) in [5, 5.41) is 15.1. The van der Waals surface area contributed by atoms with Crippen LogP contribution < -0.4 is 10.6 Å². The number of amides is 2. The summed E-state index contributed by atoms with van der Waals surface area (Å²) in [6.45, 7) is 0. The Labute approximate surface area is 154 Å². The first-order chi connectivity index (χ1) is 12.0. The molecule has 2 N–H and O–H groups in total.